The lowest BCUT2D eigenvalue weighted by molar-refractivity contribution is 0.0965. The van der Waals surface area contributed by atoms with E-state index in [4.69, 9.17) is 5.73 Å². The van der Waals surface area contributed by atoms with Gasteiger partial charge in [-0.05, 0) is 67.6 Å². The zero-order valence-corrected chi connectivity index (χ0v) is 20.2. The van der Waals surface area contributed by atoms with Crippen LogP contribution in [0, 0.1) is 12.7 Å². The highest BCUT2D eigenvalue weighted by Crippen LogP contribution is 2.32. The number of aryl methyl sites for hydroxylation is 1. The lowest BCUT2D eigenvalue weighted by Gasteiger charge is -2.35. The van der Waals surface area contributed by atoms with Gasteiger partial charge in [0.1, 0.15) is 17.3 Å². The van der Waals surface area contributed by atoms with Crippen LogP contribution in [-0.4, -0.2) is 45.9 Å². The summed E-state index contributed by atoms with van der Waals surface area (Å²) >= 11 is 0. The van der Waals surface area contributed by atoms with E-state index in [1.807, 2.05) is 31.2 Å². The molecule has 0 radical (unpaired) electrons. The normalized spacial score (nSPS) is 15.4. The van der Waals surface area contributed by atoms with Crippen LogP contribution >= 0.6 is 0 Å². The number of amides is 2. The monoisotopic (exact) mass is 499 g/mol. The van der Waals surface area contributed by atoms with Crippen LogP contribution in [0.25, 0.3) is 10.8 Å². The van der Waals surface area contributed by atoms with Crippen molar-refractivity contribution in [2.45, 2.75) is 25.8 Å². The fourth-order valence-electron chi connectivity index (χ4n) is 4.64. The Bertz CT molecular complexity index is 1480. The molecular weight excluding hydrogens is 473 g/mol. The summed E-state index contributed by atoms with van der Waals surface area (Å²) in [5.74, 6) is -1.26. The second-order valence-electron chi connectivity index (χ2n) is 8.93. The van der Waals surface area contributed by atoms with Crippen LogP contribution in [0.3, 0.4) is 0 Å². The number of nitrogens with two attached hydrogens (primary N) is 1. The van der Waals surface area contributed by atoms with Crippen molar-refractivity contribution in [3.63, 3.8) is 0 Å². The van der Waals surface area contributed by atoms with Gasteiger partial charge in [-0.2, -0.15) is 0 Å². The molecule has 0 saturated carbocycles. The summed E-state index contributed by atoms with van der Waals surface area (Å²) in [5.41, 5.74) is 6.53. The first-order valence-electron chi connectivity index (χ1n) is 12.0. The topological polar surface area (TPSA) is 126 Å². The van der Waals surface area contributed by atoms with Crippen LogP contribution in [0.15, 0.2) is 60.9 Å². The highest BCUT2D eigenvalue weighted by molar-refractivity contribution is 6.11. The van der Waals surface area contributed by atoms with Gasteiger partial charge in [0, 0.05) is 30.0 Å². The van der Waals surface area contributed by atoms with Crippen molar-refractivity contribution in [3.8, 4) is 0 Å². The largest absolute Gasteiger partial charge is 0.364 e. The minimum atomic E-state index is -0.702. The lowest BCUT2D eigenvalue weighted by atomic mass is 10.0. The Morgan fingerprint density at radius 1 is 1.14 bits per heavy atom. The van der Waals surface area contributed by atoms with Crippen LogP contribution < -0.4 is 21.3 Å². The summed E-state index contributed by atoms with van der Waals surface area (Å²) in [6.45, 7) is 3.43. The number of carbonyl (C=O) groups excluding carboxylic acids is 2. The minimum Gasteiger partial charge on any atom is -0.364 e. The van der Waals surface area contributed by atoms with Gasteiger partial charge in [0.2, 0.25) is 5.95 Å². The van der Waals surface area contributed by atoms with E-state index in [0.717, 1.165) is 35.7 Å². The number of aromatic nitrogens is 3. The molecule has 4 aromatic rings. The zero-order valence-electron chi connectivity index (χ0n) is 20.2. The van der Waals surface area contributed by atoms with Crippen LogP contribution in [0.4, 0.5) is 21.8 Å². The van der Waals surface area contributed by atoms with Gasteiger partial charge in [-0.15, -0.1) is 0 Å². The number of rotatable bonds is 6. The Morgan fingerprint density at radius 3 is 2.73 bits per heavy atom. The molecule has 0 aliphatic carbocycles. The van der Waals surface area contributed by atoms with E-state index in [1.165, 1.54) is 24.4 Å². The summed E-state index contributed by atoms with van der Waals surface area (Å²) in [6.07, 6.45) is 4.72. The third kappa shape index (κ3) is 4.96. The maximum Gasteiger partial charge on any atom is 0.267 e. The molecule has 1 aliphatic rings. The second-order valence-corrected chi connectivity index (χ2v) is 8.93. The molecule has 0 bridgehead atoms. The quantitative estimate of drug-likeness (QED) is 0.369. The molecule has 2 amide bonds. The Balaban J connectivity index is 1.51. The molecule has 5 rings (SSSR count). The van der Waals surface area contributed by atoms with E-state index >= 15 is 4.39 Å². The molecule has 1 saturated heterocycles. The van der Waals surface area contributed by atoms with Crippen molar-refractivity contribution in [2.24, 2.45) is 5.73 Å². The number of nitrogens with one attached hydrogen (secondary N) is 2. The number of halogens is 1. The first-order chi connectivity index (χ1) is 17.9. The number of pyridine rings is 1. The van der Waals surface area contributed by atoms with Crippen molar-refractivity contribution < 1.29 is 14.0 Å². The highest BCUT2D eigenvalue weighted by Gasteiger charge is 2.31. The number of benzene rings is 2. The average Bonchev–Trinajstić information content (AvgIpc) is 2.90. The molecule has 2 aromatic heterocycles. The maximum absolute atomic E-state index is 15.4. The molecule has 2 aromatic carbocycles. The number of piperidine rings is 1. The highest BCUT2D eigenvalue weighted by atomic mass is 19.1. The SMILES string of the molecule is Cc1cccc2ccnc(N(C(=O)c3ccc(Nc4nccc(C(N)=O)n4)cc3F)[C@@H]3CCCNC3)c12. The molecule has 0 spiro atoms. The molecule has 10 heteroatoms. The average molecular weight is 500 g/mol. The Labute approximate surface area is 212 Å². The van der Waals surface area contributed by atoms with Gasteiger partial charge in [-0.25, -0.2) is 19.3 Å². The first-order valence-corrected chi connectivity index (χ1v) is 12.0. The lowest BCUT2D eigenvalue weighted by Crippen LogP contribution is -2.49. The predicted molar refractivity (Wildman–Crippen MR) is 139 cm³/mol. The van der Waals surface area contributed by atoms with Gasteiger partial charge in [-0.1, -0.05) is 18.2 Å². The van der Waals surface area contributed by atoms with E-state index in [-0.39, 0.29) is 23.2 Å². The molecule has 3 heterocycles. The van der Waals surface area contributed by atoms with Crippen LogP contribution in [0.2, 0.25) is 0 Å². The van der Waals surface area contributed by atoms with Crippen LogP contribution in [0.1, 0.15) is 39.3 Å². The third-order valence-corrected chi connectivity index (χ3v) is 6.43. The van der Waals surface area contributed by atoms with Crippen molar-refractivity contribution in [3.05, 3.63) is 83.6 Å². The van der Waals surface area contributed by atoms with Gasteiger partial charge in [-0.3, -0.25) is 14.5 Å². The molecule has 37 heavy (non-hydrogen) atoms. The van der Waals surface area contributed by atoms with Gasteiger partial charge in [0.25, 0.3) is 11.8 Å². The first kappa shape index (κ1) is 24.3. The fraction of sp³-hybridized carbons (Fsp3) is 0.222. The molecule has 1 fully saturated rings. The van der Waals surface area contributed by atoms with E-state index in [9.17, 15) is 9.59 Å². The van der Waals surface area contributed by atoms with Crippen LogP contribution in [0.5, 0.6) is 0 Å². The predicted octanol–water partition coefficient (Wildman–Crippen LogP) is 3.71. The number of fused-ring (bicyclic) bond motifs is 1. The summed E-state index contributed by atoms with van der Waals surface area (Å²) in [7, 11) is 0. The summed E-state index contributed by atoms with van der Waals surface area (Å²) in [4.78, 5) is 39.6. The molecule has 4 N–H and O–H groups in total. The second kappa shape index (κ2) is 10.3. The third-order valence-electron chi connectivity index (χ3n) is 6.43. The molecule has 9 nitrogen and oxygen atoms in total. The molecule has 1 aliphatic heterocycles. The number of nitrogens with zero attached hydrogens (tertiary/aromatic N) is 4. The Hall–Kier alpha value is -4.44. The number of hydrogen-bond donors (Lipinski definition) is 3. The zero-order chi connectivity index (χ0) is 25.9. The van der Waals surface area contributed by atoms with Gasteiger partial charge in [0.15, 0.2) is 0 Å². The Kier molecular flexibility index (Phi) is 6.74. The number of primary amides is 1. The summed E-state index contributed by atoms with van der Waals surface area (Å²) in [5, 5.41) is 8.02. The van der Waals surface area contributed by atoms with Crippen molar-refractivity contribution in [1.82, 2.24) is 20.3 Å². The van der Waals surface area contributed by atoms with Gasteiger partial charge < -0.3 is 16.4 Å². The van der Waals surface area contributed by atoms with E-state index < -0.39 is 17.6 Å². The standard InChI is InChI=1S/C27H26FN7O2/c1-16-4-2-5-17-9-12-31-25(23(16)17)35(19-6-3-11-30-15-19)26(37)20-8-7-18(14-21(20)28)33-27-32-13-10-22(34-27)24(29)36/h2,4-5,7-10,12-14,19,30H,3,6,11,15H2,1H3,(H2,29,36)(H,32,33,34)/t19-/m1/s1. The van der Waals surface area contributed by atoms with E-state index in [0.29, 0.717) is 18.1 Å². The van der Waals surface area contributed by atoms with Crippen molar-refractivity contribution in [2.75, 3.05) is 23.3 Å². The van der Waals surface area contributed by atoms with Crippen molar-refractivity contribution >= 4 is 40.0 Å². The molecular formula is C27H26FN7O2. The van der Waals surface area contributed by atoms with Gasteiger partial charge in [0.05, 0.1) is 11.6 Å². The maximum atomic E-state index is 15.4. The molecule has 0 unspecified atom stereocenters. The molecule has 188 valence electrons. The van der Waals surface area contributed by atoms with Crippen LogP contribution in [-0.2, 0) is 0 Å². The fourth-order valence-corrected chi connectivity index (χ4v) is 4.64. The van der Waals surface area contributed by atoms with E-state index in [1.54, 1.807) is 17.2 Å². The number of anilines is 3. The summed E-state index contributed by atoms with van der Waals surface area (Å²) < 4.78 is 15.4. The van der Waals surface area contributed by atoms with Crippen molar-refractivity contribution in [1.29, 1.82) is 0 Å². The number of carbonyl (C=O) groups is 2. The summed E-state index contributed by atoms with van der Waals surface area (Å²) in [6, 6.07) is 13.2. The minimum absolute atomic E-state index is 0.0272. The smallest absolute Gasteiger partial charge is 0.267 e. The van der Waals surface area contributed by atoms with E-state index in [2.05, 4.69) is 25.6 Å². The molecule has 1 atom stereocenters. The van der Waals surface area contributed by atoms with Gasteiger partial charge >= 0.3 is 0 Å². The Morgan fingerprint density at radius 2 is 1.97 bits per heavy atom. The number of hydrogen-bond acceptors (Lipinski definition) is 7.